The molecule has 0 spiro atoms. The molecule has 1 fully saturated rings. The molecule has 1 amide bonds. The van der Waals surface area contributed by atoms with Crippen molar-refractivity contribution in [2.75, 3.05) is 11.1 Å². The number of aromatic nitrogens is 4. The number of thioether (sulfide) groups is 1. The van der Waals surface area contributed by atoms with Crippen LogP contribution in [0, 0.1) is 0 Å². The van der Waals surface area contributed by atoms with Gasteiger partial charge in [0, 0.05) is 0 Å². The molecule has 0 saturated heterocycles. The first-order chi connectivity index (χ1) is 10.1. The number of anilines is 1. The smallest absolute Gasteiger partial charge is 0.338 e. The zero-order valence-electron chi connectivity index (χ0n) is 10.7. The van der Waals surface area contributed by atoms with Crippen molar-refractivity contribution in [2.45, 2.75) is 24.0 Å². The van der Waals surface area contributed by atoms with Gasteiger partial charge in [0.2, 0.25) is 11.1 Å². The van der Waals surface area contributed by atoms with E-state index in [-0.39, 0.29) is 17.2 Å². The number of amides is 1. The van der Waals surface area contributed by atoms with Gasteiger partial charge in [0.05, 0.1) is 17.4 Å². The normalized spacial score (nSPS) is 14.1. The number of aromatic carboxylic acids is 1. The maximum absolute atomic E-state index is 11.9. The van der Waals surface area contributed by atoms with Crippen LogP contribution < -0.4 is 5.32 Å². The van der Waals surface area contributed by atoms with E-state index in [0.29, 0.717) is 16.2 Å². The van der Waals surface area contributed by atoms with Gasteiger partial charge in [0.15, 0.2) is 0 Å². The fourth-order valence-corrected chi connectivity index (χ4v) is 3.24. The van der Waals surface area contributed by atoms with Crippen LogP contribution in [0.5, 0.6) is 0 Å². The van der Waals surface area contributed by atoms with Crippen LogP contribution >= 0.6 is 23.1 Å². The van der Waals surface area contributed by atoms with E-state index in [9.17, 15) is 9.59 Å². The second kappa shape index (κ2) is 5.82. The monoisotopic (exact) mass is 325 g/mol. The second-order valence-corrected chi connectivity index (χ2v) is 6.30. The van der Waals surface area contributed by atoms with E-state index in [2.05, 4.69) is 20.8 Å². The number of hydrogen-bond donors (Lipinski definition) is 2. The SMILES string of the molecule is O=C(CSc1nnnn1C1CC1)Nc1sccc1C(=O)O. The van der Waals surface area contributed by atoms with Gasteiger partial charge in [-0.05, 0) is 34.7 Å². The summed E-state index contributed by atoms with van der Waals surface area (Å²) >= 11 is 2.42. The summed E-state index contributed by atoms with van der Waals surface area (Å²) in [6.07, 6.45) is 2.12. The van der Waals surface area contributed by atoms with Crippen molar-refractivity contribution in [3.05, 3.63) is 17.0 Å². The van der Waals surface area contributed by atoms with Gasteiger partial charge in [0.1, 0.15) is 5.00 Å². The number of carboxylic acid groups (broad SMARTS) is 1. The minimum Gasteiger partial charge on any atom is -0.478 e. The Bertz CT molecular complexity index is 679. The van der Waals surface area contributed by atoms with Crippen molar-refractivity contribution >= 4 is 40.0 Å². The lowest BCUT2D eigenvalue weighted by Gasteiger charge is -2.04. The lowest BCUT2D eigenvalue weighted by Crippen LogP contribution is -2.15. The Labute approximate surface area is 127 Å². The lowest BCUT2D eigenvalue weighted by molar-refractivity contribution is -0.113. The molecule has 3 rings (SSSR count). The first-order valence-electron chi connectivity index (χ1n) is 6.16. The Hall–Kier alpha value is -1.94. The van der Waals surface area contributed by atoms with Crippen LogP contribution in [0.4, 0.5) is 5.00 Å². The van der Waals surface area contributed by atoms with Crippen LogP contribution in [0.1, 0.15) is 29.2 Å². The third-order valence-corrected chi connectivity index (χ3v) is 4.60. The molecule has 2 heterocycles. The van der Waals surface area contributed by atoms with E-state index in [1.165, 1.54) is 29.2 Å². The summed E-state index contributed by atoms with van der Waals surface area (Å²) in [5.74, 6) is -1.21. The van der Waals surface area contributed by atoms with E-state index in [1.54, 1.807) is 10.1 Å². The third kappa shape index (κ3) is 3.22. The van der Waals surface area contributed by atoms with Gasteiger partial charge in [-0.3, -0.25) is 4.79 Å². The first-order valence-corrected chi connectivity index (χ1v) is 8.03. The van der Waals surface area contributed by atoms with Crippen molar-refractivity contribution in [1.82, 2.24) is 20.2 Å². The van der Waals surface area contributed by atoms with E-state index < -0.39 is 5.97 Å². The van der Waals surface area contributed by atoms with Crippen LogP contribution in [0.2, 0.25) is 0 Å². The minimum atomic E-state index is -1.06. The Morgan fingerprint density at radius 2 is 2.33 bits per heavy atom. The van der Waals surface area contributed by atoms with E-state index >= 15 is 0 Å². The average molecular weight is 325 g/mol. The molecule has 2 aromatic heterocycles. The molecule has 0 radical (unpaired) electrons. The molecule has 2 N–H and O–H groups in total. The van der Waals surface area contributed by atoms with Gasteiger partial charge in [-0.25, -0.2) is 9.48 Å². The summed E-state index contributed by atoms with van der Waals surface area (Å²) in [4.78, 5) is 22.8. The summed E-state index contributed by atoms with van der Waals surface area (Å²) in [5.41, 5.74) is 0.0983. The highest BCUT2D eigenvalue weighted by Crippen LogP contribution is 2.36. The van der Waals surface area contributed by atoms with Gasteiger partial charge in [-0.1, -0.05) is 11.8 Å². The molecule has 2 aromatic rings. The molecule has 0 atom stereocenters. The number of hydrogen-bond acceptors (Lipinski definition) is 7. The van der Waals surface area contributed by atoms with Crippen molar-refractivity contribution in [1.29, 1.82) is 0 Å². The van der Waals surface area contributed by atoms with Crippen LogP contribution in [0.25, 0.3) is 0 Å². The standard InChI is InChI=1S/C11H11N5O3S2/c17-8(12-9-7(10(18)19)3-4-20-9)5-21-11-13-14-15-16(11)6-1-2-6/h3-4,6H,1-2,5H2,(H,12,17)(H,18,19). The number of tetrazole rings is 1. The van der Waals surface area contributed by atoms with Crippen molar-refractivity contribution in [3.63, 3.8) is 0 Å². The zero-order valence-corrected chi connectivity index (χ0v) is 12.4. The summed E-state index contributed by atoms with van der Waals surface area (Å²) in [6.45, 7) is 0. The maximum atomic E-state index is 11.9. The number of carbonyl (C=O) groups excluding carboxylic acids is 1. The van der Waals surface area contributed by atoms with Gasteiger partial charge in [-0.2, -0.15) is 0 Å². The molecule has 8 nitrogen and oxygen atoms in total. The molecule has 21 heavy (non-hydrogen) atoms. The second-order valence-electron chi connectivity index (χ2n) is 4.44. The van der Waals surface area contributed by atoms with Gasteiger partial charge < -0.3 is 10.4 Å². The predicted molar refractivity (Wildman–Crippen MR) is 76.7 cm³/mol. The molecule has 1 aliphatic rings. The minimum absolute atomic E-state index is 0.0983. The van der Waals surface area contributed by atoms with Crippen molar-refractivity contribution < 1.29 is 14.7 Å². The number of nitrogens with one attached hydrogen (secondary N) is 1. The maximum Gasteiger partial charge on any atom is 0.338 e. The summed E-state index contributed by atoms with van der Waals surface area (Å²) in [7, 11) is 0. The molecule has 10 heteroatoms. The Kier molecular flexibility index (Phi) is 3.88. The quantitative estimate of drug-likeness (QED) is 0.774. The number of thiophene rings is 1. The van der Waals surface area contributed by atoms with Crippen LogP contribution in [0.3, 0.4) is 0 Å². The Morgan fingerprint density at radius 1 is 1.52 bits per heavy atom. The summed E-state index contributed by atoms with van der Waals surface area (Å²) < 4.78 is 1.73. The molecule has 1 saturated carbocycles. The average Bonchev–Trinajstić information content (AvgIpc) is 3.00. The predicted octanol–water partition coefficient (Wildman–Crippen LogP) is 1.50. The lowest BCUT2D eigenvalue weighted by atomic mass is 10.3. The van der Waals surface area contributed by atoms with Crippen molar-refractivity contribution in [3.8, 4) is 0 Å². The fourth-order valence-electron chi connectivity index (χ4n) is 1.70. The topological polar surface area (TPSA) is 110 Å². The first kappa shape index (κ1) is 14.0. The zero-order chi connectivity index (χ0) is 14.8. The number of carboxylic acids is 1. The molecule has 1 aliphatic carbocycles. The van der Waals surface area contributed by atoms with E-state index in [1.807, 2.05) is 0 Å². The summed E-state index contributed by atoms with van der Waals surface area (Å²) in [6, 6.07) is 1.81. The number of nitrogens with zero attached hydrogens (tertiary/aromatic N) is 4. The highest BCUT2D eigenvalue weighted by atomic mass is 32.2. The molecule has 110 valence electrons. The van der Waals surface area contributed by atoms with Gasteiger partial charge in [0.25, 0.3) is 0 Å². The fraction of sp³-hybridized carbons (Fsp3) is 0.364. The van der Waals surface area contributed by atoms with Gasteiger partial charge >= 0.3 is 5.97 Å². The van der Waals surface area contributed by atoms with Gasteiger partial charge in [-0.15, -0.1) is 16.4 Å². The van der Waals surface area contributed by atoms with Crippen LogP contribution in [-0.4, -0.2) is 42.9 Å². The highest BCUT2D eigenvalue weighted by molar-refractivity contribution is 7.99. The molecule has 0 bridgehead atoms. The van der Waals surface area contributed by atoms with E-state index in [0.717, 1.165) is 12.8 Å². The molecule has 0 aromatic carbocycles. The Balaban J connectivity index is 1.58. The number of carbonyl (C=O) groups is 2. The molecule has 0 aliphatic heterocycles. The largest absolute Gasteiger partial charge is 0.478 e. The number of rotatable bonds is 6. The van der Waals surface area contributed by atoms with E-state index in [4.69, 9.17) is 5.11 Å². The Morgan fingerprint density at radius 3 is 3.05 bits per heavy atom. The third-order valence-electron chi connectivity index (χ3n) is 2.84. The van der Waals surface area contributed by atoms with Crippen LogP contribution in [-0.2, 0) is 4.79 Å². The van der Waals surface area contributed by atoms with Crippen LogP contribution in [0.15, 0.2) is 16.6 Å². The highest BCUT2D eigenvalue weighted by Gasteiger charge is 2.28. The molecular weight excluding hydrogens is 314 g/mol. The molecular formula is C11H11N5O3S2. The summed E-state index contributed by atoms with van der Waals surface area (Å²) in [5, 5.41) is 25.5. The van der Waals surface area contributed by atoms with Crippen molar-refractivity contribution in [2.24, 2.45) is 0 Å². The molecule has 0 unspecified atom stereocenters.